The summed E-state index contributed by atoms with van der Waals surface area (Å²) in [4.78, 5) is 13.4. The lowest BCUT2D eigenvalue weighted by molar-refractivity contribution is -0.141. The fourth-order valence-corrected chi connectivity index (χ4v) is 2.88. The minimum absolute atomic E-state index is 0.0938. The molecule has 2 aliphatic rings. The van der Waals surface area contributed by atoms with Gasteiger partial charge in [-0.25, -0.2) is 0 Å². The second-order valence-corrected chi connectivity index (χ2v) is 4.57. The normalized spacial score (nSPS) is 32.6. The largest absolute Gasteiger partial charge is 0.468 e. The number of methoxy groups -OCH3 is 1. The Morgan fingerprint density at radius 2 is 1.86 bits per heavy atom. The minimum atomic E-state index is -0.0938. The lowest BCUT2D eigenvalue weighted by atomic mass is 9.82. The lowest BCUT2D eigenvalue weighted by Gasteiger charge is -2.23. The number of likely N-dealkylation sites (tertiary alicyclic amines) is 1. The molecular formula is C11H19NO2. The molecule has 0 aromatic carbocycles. The maximum absolute atomic E-state index is 11.1. The third-order valence-electron chi connectivity index (χ3n) is 3.63. The van der Waals surface area contributed by atoms with Crippen molar-refractivity contribution in [3.63, 3.8) is 0 Å². The van der Waals surface area contributed by atoms with Crippen LogP contribution in [0, 0.1) is 11.8 Å². The van der Waals surface area contributed by atoms with Crippen LogP contribution in [-0.4, -0.2) is 37.6 Å². The molecule has 0 N–H and O–H groups in total. The smallest absolute Gasteiger partial charge is 0.319 e. The van der Waals surface area contributed by atoms with E-state index in [1.807, 2.05) is 0 Å². The monoisotopic (exact) mass is 197 g/mol. The highest BCUT2D eigenvalue weighted by Crippen LogP contribution is 2.35. The molecular weight excluding hydrogens is 178 g/mol. The number of fused-ring (bicyclic) bond motifs is 1. The fourth-order valence-electron chi connectivity index (χ4n) is 2.88. The average molecular weight is 197 g/mol. The van der Waals surface area contributed by atoms with Crippen LogP contribution in [0.15, 0.2) is 0 Å². The van der Waals surface area contributed by atoms with Crippen LogP contribution in [0.3, 0.4) is 0 Å². The molecule has 0 radical (unpaired) electrons. The molecule has 1 heterocycles. The number of hydrogen-bond donors (Lipinski definition) is 0. The maximum Gasteiger partial charge on any atom is 0.319 e. The van der Waals surface area contributed by atoms with Gasteiger partial charge in [-0.15, -0.1) is 0 Å². The van der Waals surface area contributed by atoms with Crippen LogP contribution >= 0.6 is 0 Å². The van der Waals surface area contributed by atoms with E-state index in [1.54, 1.807) is 0 Å². The number of esters is 1. The Kier molecular flexibility index (Phi) is 3.06. The predicted octanol–water partition coefficient (Wildman–Crippen LogP) is 1.28. The summed E-state index contributed by atoms with van der Waals surface area (Å²) < 4.78 is 4.68. The molecule has 80 valence electrons. The van der Waals surface area contributed by atoms with Crippen LogP contribution in [0.2, 0.25) is 0 Å². The molecule has 1 aliphatic carbocycles. The highest BCUT2D eigenvalue weighted by molar-refractivity contribution is 5.71. The molecule has 1 saturated carbocycles. The van der Waals surface area contributed by atoms with Gasteiger partial charge in [-0.05, 0) is 24.7 Å². The predicted molar refractivity (Wildman–Crippen MR) is 53.9 cm³/mol. The molecule has 3 heteroatoms. The van der Waals surface area contributed by atoms with Crippen molar-refractivity contribution in [3.8, 4) is 0 Å². The summed E-state index contributed by atoms with van der Waals surface area (Å²) in [5.41, 5.74) is 0. The molecule has 2 atom stereocenters. The summed E-state index contributed by atoms with van der Waals surface area (Å²) in [6, 6.07) is 0. The molecule has 1 saturated heterocycles. The molecule has 0 aromatic heterocycles. The van der Waals surface area contributed by atoms with Gasteiger partial charge in [0.1, 0.15) is 0 Å². The van der Waals surface area contributed by atoms with E-state index in [2.05, 4.69) is 9.64 Å². The fraction of sp³-hybridized carbons (Fsp3) is 0.909. The van der Waals surface area contributed by atoms with Gasteiger partial charge in [0.2, 0.25) is 0 Å². The van der Waals surface area contributed by atoms with Gasteiger partial charge < -0.3 is 4.74 Å². The van der Waals surface area contributed by atoms with Gasteiger partial charge in [0.05, 0.1) is 13.7 Å². The van der Waals surface area contributed by atoms with Crippen molar-refractivity contribution < 1.29 is 9.53 Å². The number of ether oxygens (including phenoxy) is 1. The first-order valence-electron chi connectivity index (χ1n) is 5.59. The van der Waals surface area contributed by atoms with Gasteiger partial charge in [-0.1, -0.05) is 12.8 Å². The number of carbonyl (C=O) groups excluding carboxylic acids is 1. The standard InChI is InChI=1S/C11H19NO2/c1-14-11(13)8-12-6-9-4-2-3-5-10(9)7-12/h9-10H,2-8H2,1H3/t9-,10+. The Labute approximate surface area is 85.4 Å². The second kappa shape index (κ2) is 4.30. The molecule has 1 aliphatic heterocycles. The van der Waals surface area contributed by atoms with Crippen molar-refractivity contribution in [2.24, 2.45) is 11.8 Å². The molecule has 0 aromatic rings. The van der Waals surface area contributed by atoms with E-state index >= 15 is 0 Å². The van der Waals surface area contributed by atoms with Crippen LogP contribution < -0.4 is 0 Å². The molecule has 2 fully saturated rings. The third kappa shape index (κ3) is 2.08. The first-order chi connectivity index (χ1) is 6.79. The quantitative estimate of drug-likeness (QED) is 0.625. The van der Waals surface area contributed by atoms with Crippen molar-refractivity contribution in [2.75, 3.05) is 26.7 Å². The zero-order valence-corrected chi connectivity index (χ0v) is 8.87. The van der Waals surface area contributed by atoms with Gasteiger partial charge in [-0.3, -0.25) is 9.69 Å². The summed E-state index contributed by atoms with van der Waals surface area (Å²) >= 11 is 0. The van der Waals surface area contributed by atoms with Crippen LogP contribution in [-0.2, 0) is 9.53 Å². The van der Waals surface area contributed by atoms with Gasteiger partial charge in [0, 0.05) is 13.1 Å². The van der Waals surface area contributed by atoms with E-state index in [-0.39, 0.29) is 5.97 Å². The van der Waals surface area contributed by atoms with Crippen LogP contribution in [0.25, 0.3) is 0 Å². The summed E-state index contributed by atoms with van der Waals surface area (Å²) in [5, 5.41) is 0. The number of nitrogens with zero attached hydrogens (tertiary/aromatic N) is 1. The Morgan fingerprint density at radius 1 is 1.29 bits per heavy atom. The molecule has 0 unspecified atom stereocenters. The van der Waals surface area contributed by atoms with Gasteiger partial charge in [-0.2, -0.15) is 0 Å². The lowest BCUT2D eigenvalue weighted by Crippen LogP contribution is -2.28. The Balaban J connectivity index is 1.83. The number of carbonyl (C=O) groups is 1. The maximum atomic E-state index is 11.1. The summed E-state index contributed by atoms with van der Waals surface area (Å²) in [6.45, 7) is 2.71. The highest BCUT2D eigenvalue weighted by atomic mass is 16.5. The van der Waals surface area contributed by atoms with E-state index in [0.717, 1.165) is 24.9 Å². The third-order valence-corrected chi connectivity index (χ3v) is 3.63. The topological polar surface area (TPSA) is 29.5 Å². The zero-order valence-electron chi connectivity index (χ0n) is 8.87. The van der Waals surface area contributed by atoms with E-state index in [0.29, 0.717) is 6.54 Å². The van der Waals surface area contributed by atoms with Crippen molar-refractivity contribution in [2.45, 2.75) is 25.7 Å². The van der Waals surface area contributed by atoms with E-state index in [1.165, 1.54) is 32.8 Å². The molecule has 0 spiro atoms. The Hall–Kier alpha value is -0.570. The van der Waals surface area contributed by atoms with E-state index < -0.39 is 0 Å². The van der Waals surface area contributed by atoms with Gasteiger partial charge in [0.25, 0.3) is 0 Å². The zero-order chi connectivity index (χ0) is 9.97. The van der Waals surface area contributed by atoms with Gasteiger partial charge >= 0.3 is 5.97 Å². The average Bonchev–Trinajstić information content (AvgIpc) is 2.59. The highest BCUT2D eigenvalue weighted by Gasteiger charge is 2.34. The molecule has 14 heavy (non-hydrogen) atoms. The summed E-state index contributed by atoms with van der Waals surface area (Å²) in [6.07, 6.45) is 5.49. The molecule has 0 bridgehead atoms. The number of hydrogen-bond acceptors (Lipinski definition) is 3. The van der Waals surface area contributed by atoms with Crippen molar-refractivity contribution >= 4 is 5.97 Å². The molecule has 2 rings (SSSR count). The Morgan fingerprint density at radius 3 is 2.36 bits per heavy atom. The van der Waals surface area contributed by atoms with Gasteiger partial charge in [0.15, 0.2) is 0 Å². The van der Waals surface area contributed by atoms with Crippen molar-refractivity contribution in [1.29, 1.82) is 0 Å². The molecule has 0 amide bonds. The SMILES string of the molecule is COC(=O)CN1C[C@H]2CCCC[C@H]2C1. The van der Waals surface area contributed by atoms with Crippen LogP contribution in [0.1, 0.15) is 25.7 Å². The van der Waals surface area contributed by atoms with Crippen LogP contribution in [0.5, 0.6) is 0 Å². The first-order valence-corrected chi connectivity index (χ1v) is 5.59. The first kappa shape index (κ1) is 9.97. The number of rotatable bonds is 2. The Bertz CT molecular complexity index is 203. The van der Waals surface area contributed by atoms with Crippen LogP contribution in [0.4, 0.5) is 0 Å². The minimum Gasteiger partial charge on any atom is -0.468 e. The second-order valence-electron chi connectivity index (χ2n) is 4.57. The van der Waals surface area contributed by atoms with E-state index in [4.69, 9.17) is 0 Å². The van der Waals surface area contributed by atoms with E-state index in [9.17, 15) is 4.79 Å². The van der Waals surface area contributed by atoms with Crippen molar-refractivity contribution in [3.05, 3.63) is 0 Å². The summed E-state index contributed by atoms with van der Waals surface area (Å²) in [5.74, 6) is 1.62. The molecule has 3 nitrogen and oxygen atoms in total. The van der Waals surface area contributed by atoms with Crippen molar-refractivity contribution in [1.82, 2.24) is 4.90 Å². The summed E-state index contributed by atoms with van der Waals surface area (Å²) in [7, 11) is 1.46.